The van der Waals surface area contributed by atoms with Gasteiger partial charge in [-0.05, 0) is 47.0 Å². The zero-order valence-corrected chi connectivity index (χ0v) is 23.6. The summed E-state index contributed by atoms with van der Waals surface area (Å²) in [6, 6.07) is 19.5. The van der Waals surface area contributed by atoms with Gasteiger partial charge in [0, 0.05) is 36.8 Å². The number of aryl methyl sites for hydroxylation is 1. The van der Waals surface area contributed by atoms with E-state index in [-0.39, 0.29) is 43.1 Å². The third-order valence-electron chi connectivity index (χ3n) is 7.32. The third kappa shape index (κ3) is 5.95. The van der Waals surface area contributed by atoms with Crippen molar-refractivity contribution in [2.75, 3.05) is 29.5 Å². The molecule has 1 aliphatic rings. The van der Waals surface area contributed by atoms with Gasteiger partial charge >= 0.3 is 18.1 Å². The van der Waals surface area contributed by atoms with E-state index >= 15 is 0 Å². The van der Waals surface area contributed by atoms with Crippen molar-refractivity contribution < 1.29 is 30.8 Å². The molecule has 2 amide bonds. The Morgan fingerprint density at radius 3 is 2.23 bits per heavy atom. The highest BCUT2D eigenvalue weighted by molar-refractivity contribution is 7.91. The number of carbonyl (C=O) groups excluding carboxylic acids is 1. The molecule has 6 rings (SSSR count). The summed E-state index contributed by atoms with van der Waals surface area (Å²) in [5.41, 5.74) is 4.47. The molecule has 10 nitrogen and oxygen atoms in total. The molecule has 222 valence electrons. The fraction of sp³-hybridized carbons (Fsp3) is 0.241. The Labute approximate surface area is 244 Å². The normalized spacial score (nSPS) is 15.1. The van der Waals surface area contributed by atoms with Crippen molar-refractivity contribution in [3.63, 3.8) is 0 Å². The smallest absolute Gasteiger partial charge is 0.413 e. The van der Waals surface area contributed by atoms with Gasteiger partial charge in [0.05, 0.1) is 29.8 Å². The summed E-state index contributed by atoms with van der Waals surface area (Å²) in [6.07, 6.45) is -2.95. The minimum atomic E-state index is -4.75. The highest BCUT2D eigenvalue weighted by atomic mass is 32.2. The van der Waals surface area contributed by atoms with Gasteiger partial charge in [0.25, 0.3) is 0 Å². The lowest BCUT2D eigenvalue weighted by Gasteiger charge is -2.33. The molecule has 3 aromatic carbocycles. The van der Waals surface area contributed by atoms with E-state index < -0.39 is 21.9 Å². The van der Waals surface area contributed by atoms with Crippen LogP contribution in [0.15, 0.2) is 77.3 Å². The molecule has 0 aliphatic carbocycles. The molecular weight excluding hydrogens is 585 g/mol. The lowest BCUT2D eigenvalue weighted by atomic mass is 10.0. The molecule has 1 aliphatic heterocycles. The maximum atomic E-state index is 13.7. The van der Waals surface area contributed by atoms with E-state index in [1.807, 2.05) is 49.5 Å². The van der Waals surface area contributed by atoms with Gasteiger partial charge in [0.15, 0.2) is 9.84 Å². The molecule has 0 N–H and O–H groups in total. The van der Waals surface area contributed by atoms with Crippen molar-refractivity contribution in [3.8, 4) is 22.6 Å². The number of halogens is 3. The highest BCUT2D eigenvalue weighted by Crippen LogP contribution is 2.31. The van der Waals surface area contributed by atoms with Gasteiger partial charge in [-0.25, -0.2) is 13.2 Å². The molecular formula is C29H25F3N6O4S. The second kappa shape index (κ2) is 10.8. The Kier molecular flexibility index (Phi) is 7.16. The standard InChI is InChI=1S/C29H25F3N6O4S/c1-36-25-16-22(6-7-23(25)17-33-36)20-8-10-24(11-9-20)38(28(39)37-12-14-43(40,41)15-13-37)18-19-2-4-21(5-3-19)26-34-35-27(42-26)29(30,31)32/h2-11,16-17H,12-15,18H2,1H3. The number of carbonyl (C=O) groups is 1. The Morgan fingerprint density at radius 2 is 1.58 bits per heavy atom. The number of amides is 2. The average Bonchev–Trinajstić information content (AvgIpc) is 3.64. The zero-order valence-electron chi connectivity index (χ0n) is 22.8. The average molecular weight is 611 g/mol. The summed E-state index contributed by atoms with van der Waals surface area (Å²) in [5.74, 6) is -1.93. The number of hydrogen-bond acceptors (Lipinski definition) is 7. The Balaban J connectivity index is 1.27. The van der Waals surface area contributed by atoms with Crippen LogP contribution in [0.1, 0.15) is 11.5 Å². The first-order valence-electron chi connectivity index (χ1n) is 13.3. The summed E-state index contributed by atoms with van der Waals surface area (Å²) >= 11 is 0. The number of nitrogens with zero attached hydrogens (tertiary/aromatic N) is 6. The van der Waals surface area contributed by atoms with Crippen molar-refractivity contribution in [1.29, 1.82) is 0 Å². The van der Waals surface area contributed by atoms with Gasteiger partial charge in [0.1, 0.15) is 0 Å². The van der Waals surface area contributed by atoms with Crippen LogP contribution in [0.5, 0.6) is 0 Å². The van der Waals surface area contributed by atoms with Gasteiger partial charge in [-0.2, -0.15) is 18.3 Å². The lowest BCUT2D eigenvalue weighted by Crippen LogP contribution is -2.49. The van der Waals surface area contributed by atoms with E-state index in [0.717, 1.165) is 22.0 Å². The minimum Gasteiger partial charge on any atom is -0.413 e. The molecule has 0 unspecified atom stereocenters. The van der Waals surface area contributed by atoms with E-state index in [0.29, 0.717) is 16.8 Å². The van der Waals surface area contributed by atoms with E-state index in [4.69, 9.17) is 4.42 Å². The SMILES string of the molecule is Cn1ncc2ccc(-c3ccc(N(Cc4ccc(-c5nnc(C(F)(F)F)o5)cc4)C(=O)N4CCS(=O)(=O)CC4)cc3)cc21. The minimum absolute atomic E-state index is 0.0815. The summed E-state index contributed by atoms with van der Waals surface area (Å²) in [6.45, 7) is 0.288. The predicted molar refractivity (Wildman–Crippen MR) is 153 cm³/mol. The largest absolute Gasteiger partial charge is 0.470 e. The molecule has 0 spiro atoms. The van der Waals surface area contributed by atoms with Gasteiger partial charge in [-0.3, -0.25) is 9.58 Å². The maximum Gasteiger partial charge on any atom is 0.470 e. The van der Waals surface area contributed by atoms with E-state index in [9.17, 15) is 26.4 Å². The molecule has 43 heavy (non-hydrogen) atoms. The van der Waals surface area contributed by atoms with Gasteiger partial charge < -0.3 is 9.32 Å². The molecule has 5 aromatic rings. The van der Waals surface area contributed by atoms with Crippen molar-refractivity contribution in [3.05, 3.63) is 84.4 Å². The lowest BCUT2D eigenvalue weighted by molar-refractivity contribution is -0.156. The first-order valence-corrected chi connectivity index (χ1v) is 15.1. The number of urea groups is 1. The summed E-state index contributed by atoms with van der Waals surface area (Å²) in [4.78, 5) is 16.8. The number of sulfone groups is 1. The predicted octanol–water partition coefficient (Wildman–Crippen LogP) is 5.17. The van der Waals surface area contributed by atoms with Crippen LogP contribution in [0.25, 0.3) is 33.5 Å². The summed E-state index contributed by atoms with van der Waals surface area (Å²) in [5, 5.41) is 11.8. The molecule has 0 radical (unpaired) electrons. The van der Waals surface area contributed by atoms with Crippen molar-refractivity contribution in [2.24, 2.45) is 7.05 Å². The Morgan fingerprint density at radius 1 is 0.930 bits per heavy atom. The molecule has 14 heteroatoms. The number of benzene rings is 3. The Hall–Kier alpha value is -4.72. The van der Waals surface area contributed by atoms with E-state index in [2.05, 4.69) is 15.3 Å². The number of alkyl halides is 3. The van der Waals surface area contributed by atoms with Crippen LogP contribution in [0, 0.1) is 0 Å². The number of hydrogen-bond donors (Lipinski definition) is 0. The first-order chi connectivity index (χ1) is 20.5. The molecule has 0 saturated carbocycles. The van der Waals surface area contributed by atoms with Crippen LogP contribution in [0.2, 0.25) is 0 Å². The topological polar surface area (TPSA) is 114 Å². The summed E-state index contributed by atoms with van der Waals surface area (Å²) < 4.78 is 69.1. The first kappa shape index (κ1) is 28.4. The van der Waals surface area contributed by atoms with Crippen molar-refractivity contribution >= 4 is 32.5 Å². The van der Waals surface area contributed by atoms with Crippen LogP contribution in [0.3, 0.4) is 0 Å². The van der Waals surface area contributed by atoms with Crippen molar-refractivity contribution in [2.45, 2.75) is 12.7 Å². The second-order valence-electron chi connectivity index (χ2n) is 10.2. The second-order valence-corrected chi connectivity index (χ2v) is 12.5. The molecule has 1 saturated heterocycles. The van der Waals surface area contributed by atoms with Gasteiger partial charge in [0.2, 0.25) is 5.89 Å². The molecule has 1 fully saturated rings. The quantitative estimate of drug-likeness (QED) is 0.270. The number of rotatable bonds is 5. The van der Waals surface area contributed by atoms with E-state index in [1.54, 1.807) is 27.9 Å². The fourth-order valence-electron chi connectivity index (χ4n) is 4.89. The molecule has 3 heterocycles. The number of anilines is 1. The Bertz CT molecular complexity index is 1890. The summed E-state index contributed by atoms with van der Waals surface area (Å²) in [7, 11) is -1.32. The van der Waals surface area contributed by atoms with Gasteiger partial charge in [-0.1, -0.05) is 36.4 Å². The maximum absolute atomic E-state index is 13.7. The number of aromatic nitrogens is 4. The fourth-order valence-corrected chi connectivity index (χ4v) is 6.09. The zero-order chi connectivity index (χ0) is 30.4. The third-order valence-corrected chi connectivity index (χ3v) is 8.93. The highest BCUT2D eigenvalue weighted by Gasteiger charge is 2.38. The van der Waals surface area contributed by atoms with Gasteiger partial charge in [-0.15, -0.1) is 10.2 Å². The van der Waals surface area contributed by atoms with Crippen LogP contribution in [0.4, 0.5) is 23.7 Å². The molecule has 2 aromatic heterocycles. The van der Waals surface area contributed by atoms with Crippen LogP contribution in [-0.2, 0) is 29.6 Å². The van der Waals surface area contributed by atoms with Crippen molar-refractivity contribution in [1.82, 2.24) is 24.9 Å². The van der Waals surface area contributed by atoms with Crippen LogP contribution < -0.4 is 4.90 Å². The van der Waals surface area contributed by atoms with E-state index in [1.165, 1.54) is 17.0 Å². The number of fused-ring (bicyclic) bond motifs is 1. The monoisotopic (exact) mass is 610 g/mol. The molecule has 0 atom stereocenters. The van der Waals surface area contributed by atoms with Crippen LogP contribution >= 0.6 is 0 Å². The van der Waals surface area contributed by atoms with Crippen LogP contribution in [-0.4, -0.2) is 63.9 Å². The molecule has 0 bridgehead atoms.